The van der Waals surface area contributed by atoms with Crippen LogP contribution in [-0.2, 0) is 6.42 Å². The van der Waals surface area contributed by atoms with Gasteiger partial charge in [-0.2, -0.15) is 0 Å². The Morgan fingerprint density at radius 3 is 2.16 bits per heavy atom. The van der Waals surface area contributed by atoms with Gasteiger partial charge in [0, 0.05) is 52.3 Å². The third-order valence-electron chi connectivity index (χ3n) is 9.23. The number of allylic oxidation sites excluding steroid dienone is 8. The summed E-state index contributed by atoms with van der Waals surface area (Å²) in [5, 5.41) is 5.04. The Morgan fingerprint density at radius 1 is 0.674 bits per heavy atom. The van der Waals surface area contributed by atoms with Crippen LogP contribution in [0.2, 0.25) is 0 Å². The quantitative estimate of drug-likeness (QED) is 0.199. The number of fused-ring (bicyclic) bond motifs is 4. The molecule has 0 spiro atoms. The molecule has 208 valence electrons. The van der Waals surface area contributed by atoms with Crippen LogP contribution in [0.1, 0.15) is 17.5 Å². The summed E-state index contributed by atoms with van der Waals surface area (Å²) >= 11 is 0. The van der Waals surface area contributed by atoms with Crippen LogP contribution in [0.5, 0.6) is 0 Å². The van der Waals surface area contributed by atoms with E-state index in [-0.39, 0.29) is 0 Å². The lowest BCUT2D eigenvalue weighted by atomic mass is 9.81. The summed E-state index contributed by atoms with van der Waals surface area (Å²) in [5.74, 6) is 0.662. The van der Waals surface area contributed by atoms with E-state index in [1.165, 1.54) is 55.4 Å². The van der Waals surface area contributed by atoms with Gasteiger partial charge in [0.15, 0.2) is 0 Å². The van der Waals surface area contributed by atoms with E-state index in [0.717, 1.165) is 18.5 Å². The Bertz CT molecular complexity index is 1950. The van der Waals surface area contributed by atoms with Gasteiger partial charge in [-0.15, -0.1) is 0 Å². The van der Waals surface area contributed by atoms with E-state index in [0.29, 0.717) is 11.8 Å². The minimum Gasteiger partial charge on any atom is -0.344 e. The number of hydrogen-bond acceptors (Lipinski definition) is 2. The molecule has 2 heteroatoms. The summed E-state index contributed by atoms with van der Waals surface area (Å²) in [6.07, 6.45) is 22.7. The summed E-state index contributed by atoms with van der Waals surface area (Å²) in [4.78, 5) is 4.84. The van der Waals surface area contributed by atoms with Crippen molar-refractivity contribution in [3.8, 4) is 0 Å². The molecule has 0 radical (unpaired) electrons. The van der Waals surface area contributed by atoms with E-state index >= 15 is 0 Å². The van der Waals surface area contributed by atoms with Crippen molar-refractivity contribution in [3.05, 3.63) is 162 Å². The fraction of sp³-hybridized carbons (Fsp3) is 0.122. The molecule has 0 saturated carbocycles. The highest BCUT2D eigenvalue weighted by atomic mass is 15.2. The van der Waals surface area contributed by atoms with Crippen LogP contribution < -0.4 is 9.80 Å². The molecule has 2 nitrogen and oxygen atoms in total. The first-order valence-corrected chi connectivity index (χ1v) is 15.3. The van der Waals surface area contributed by atoms with E-state index in [2.05, 4.69) is 169 Å². The van der Waals surface area contributed by atoms with Crippen molar-refractivity contribution < 1.29 is 0 Å². The van der Waals surface area contributed by atoms with Gasteiger partial charge in [-0.25, -0.2) is 0 Å². The highest BCUT2D eigenvalue weighted by Crippen LogP contribution is 2.44. The van der Waals surface area contributed by atoms with Crippen LogP contribution in [0, 0.1) is 11.8 Å². The molecule has 5 aromatic carbocycles. The Kier molecular flexibility index (Phi) is 6.34. The van der Waals surface area contributed by atoms with E-state index in [1.54, 1.807) is 0 Å². The molecule has 3 aliphatic carbocycles. The molecule has 0 aromatic heterocycles. The number of rotatable bonds is 5. The molecule has 0 N–H and O–H groups in total. The van der Waals surface area contributed by atoms with Crippen molar-refractivity contribution in [2.24, 2.45) is 11.8 Å². The summed E-state index contributed by atoms with van der Waals surface area (Å²) < 4.78 is 0. The Labute approximate surface area is 253 Å². The molecule has 43 heavy (non-hydrogen) atoms. The normalized spacial score (nSPS) is 18.4. The molecule has 0 saturated heterocycles. The van der Waals surface area contributed by atoms with Gasteiger partial charge in [0.1, 0.15) is 0 Å². The predicted molar refractivity (Wildman–Crippen MR) is 184 cm³/mol. The molecule has 0 aliphatic heterocycles. The molecule has 0 amide bonds. The largest absolute Gasteiger partial charge is 0.344 e. The first-order chi connectivity index (χ1) is 21.3. The standard InChI is InChI=1S/C41H34N2/c1-42(41-37-20-8-4-14-31(37)28-32-15-5-9-21-38(32)41)33-24-26-34(27-25-33)43(39-22-10-16-29-12-2-6-18-35(29)39)40-23-11-17-30-13-3-7-19-36(30)40/h2,4-12,14-29,35H,3,13H2,1H3. The van der Waals surface area contributed by atoms with Gasteiger partial charge in [-0.05, 0) is 71.7 Å². The van der Waals surface area contributed by atoms with Crippen molar-refractivity contribution >= 4 is 50.4 Å². The predicted octanol–water partition coefficient (Wildman–Crippen LogP) is 10.7. The van der Waals surface area contributed by atoms with Crippen LogP contribution in [0.3, 0.4) is 0 Å². The number of nitrogens with zero attached hydrogens (tertiary/aromatic N) is 2. The van der Waals surface area contributed by atoms with E-state index < -0.39 is 0 Å². The molecular formula is C41H34N2. The topological polar surface area (TPSA) is 6.48 Å². The maximum absolute atomic E-state index is 2.50. The first-order valence-electron chi connectivity index (χ1n) is 15.3. The fourth-order valence-corrected chi connectivity index (χ4v) is 7.10. The van der Waals surface area contributed by atoms with Gasteiger partial charge in [0.25, 0.3) is 0 Å². The van der Waals surface area contributed by atoms with E-state index in [4.69, 9.17) is 0 Å². The monoisotopic (exact) mass is 554 g/mol. The molecule has 3 aliphatic rings. The number of benzene rings is 5. The smallest absolute Gasteiger partial charge is 0.0567 e. The number of aryl methyl sites for hydroxylation is 1. The second kappa shape index (κ2) is 10.6. The fourth-order valence-electron chi connectivity index (χ4n) is 7.10. The molecular weight excluding hydrogens is 520 g/mol. The zero-order valence-corrected chi connectivity index (χ0v) is 24.4. The zero-order chi connectivity index (χ0) is 28.8. The maximum Gasteiger partial charge on any atom is 0.0567 e. The van der Waals surface area contributed by atoms with Crippen LogP contribution in [-0.4, -0.2) is 7.05 Å². The average Bonchev–Trinajstić information content (AvgIpc) is 3.07. The van der Waals surface area contributed by atoms with Gasteiger partial charge in [-0.1, -0.05) is 109 Å². The van der Waals surface area contributed by atoms with Crippen LogP contribution >= 0.6 is 0 Å². The van der Waals surface area contributed by atoms with Crippen molar-refractivity contribution in [2.75, 3.05) is 16.8 Å². The van der Waals surface area contributed by atoms with E-state index in [9.17, 15) is 0 Å². The van der Waals surface area contributed by atoms with Gasteiger partial charge >= 0.3 is 0 Å². The van der Waals surface area contributed by atoms with Gasteiger partial charge in [-0.3, -0.25) is 0 Å². The molecule has 5 aromatic rings. The Hall–Kier alpha value is -5.08. The lowest BCUT2D eigenvalue weighted by Crippen LogP contribution is -2.28. The Balaban J connectivity index is 1.25. The lowest BCUT2D eigenvalue weighted by molar-refractivity contribution is 0.612. The SMILES string of the molecule is CN(c1ccc(N(C2=CC=CC3C=CC=CC23)c2cccc3c2C=CCC3)cc1)c1c2ccccc2cc2ccccc12. The lowest BCUT2D eigenvalue weighted by Gasteiger charge is -2.37. The maximum atomic E-state index is 2.50. The van der Waals surface area contributed by atoms with Crippen molar-refractivity contribution in [3.63, 3.8) is 0 Å². The van der Waals surface area contributed by atoms with Crippen molar-refractivity contribution in [1.29, 1.82) is 0 Å². The minimum atomic E-state index is 0.294. The molecule has 0 fully saturated rings. The molecule has 0 heterocycles. The van der Waals surface area contributed by atoms with Crippen LogP contribution in [0.25, 0.3) is 27.6 Å². The first kappa shape index (κ1) is 25.6. The van der Waals surface area contributed by atoms with Crippen LogP contribution in [0.15, 0.2) is 151 Å². The molecule has 8 rings (SSSR count). The Morgan fingerprint density at radius 2 is 1.37 bits per heavy atom. The van der Waals surface area contributed by atoms with E-state index in [1.807, 2.05) is 0 Å². The van der Waals surface area contributed by atoms with Crippen LogP contribution in [0.4, 0.5) is 22.7 Å². The van der Waals surface area contributed by atoms with Gasteiger partial charge < -0.3 is 9.80 Å². The van der Waals surface area contributed by atoms with Crippen molar-refractivity contribution in [1.82, 2.24) is 0 Å². The van der Waals surface area contributed by atoms with Gasteiger partial charge in [0.05, 0.1) is 11.4 Å². The second-order valence-corrected chi connectivity index (χ2v) is 11.7. The molecule has 0 bridgehead atoms. The summed E-state index contributed by atoms with van der Waals surface area (Å²) in [7, 11) is 2.19. The van der Waals surface area contributed by atoms with Crippen molar-refractivity contribution in [2.45, 2.75) is 12.8 Å². The third-order valence-corrected chi connectivity index (χ3v) is 9.23. The molecule has 2 atom stereocenters. The summed E-state index contributed by atoms with van der Waals surface area (Å²) in [5.41, 5.74) is 8.89. The average molecular weight is 555 g/mol. The summed E-state index contributed by atoms with van der Waals surface area (Å²) in [6, 6.07) is 35.7. The van der Waals surface area contributed by atoms with Gasteiger partial charge in [0.2, 0.25) is 0 Å². The highest BCUT2D eigenvalue weighted by Gasteiger charge is 2.30. The zero-order valence-electron chi connectivity index (χ0n) is 24.4. The molecule has 2 unspecified atom stereocenters. The third kappa shape index (κ3) is 4.42. The number of hydrogen-bond donors (Lipinski definition) is 0. The summed E-state index contributed by atoms with van der Waals surface area (Å²) in [6.45, 7) is 0. The second-order valence-electron chi connectivity index (χ2n) is 11.7. The highest BCUT2D eigenvalue weighted by molar-refractivity contribution is 6.12. The minimum absolute atomic E-state index is 0.294. The number of anilines is 4.